The lowest BCUT2D eigenvalue weighted by Gasteiger charge is -2.16. The normalized spacial score (nSPS) is 11.4. The first-order valence-electron chi connectivity index (χ1n) is 7.97. The monoisotopic (exact) mass is 337 g/mol. The minimum atomic E-state index is -4.47. The molecule has 2 aromatic carbocycles. The van der Waals surface area contributed by atoms with Crippen molar-refractivity contribution in [3.8, 4) is 0 Å². The van der Waals surface area contributed by atoms with Crippen LogP contribution in [0.3, 0.4) is 0 Å². The second-order valence-electron chi connectivity index (χ2n) is 5.77. The third-order valence-corrected chi connectivity index (χ3v) is 4.97. The molecular weight excluding hydrogens is 310 g/mol. The maximum absolute atomic E-state index is 11.7. The predicted octanol–water partition coefficient (Wildman–Crippen LogP) is 4.81. The molecule has 0 radical (unpaired) electrons. The lowest BCUT2D eigenvalue weighted by molar-refractivity contribution is 0.463. The van der Waals surface area contributed by atoms with Gasteiger partial charge in [0.05, 0.1) is 4.90 Å². The van der Waals surface area contributed by atoms with Gasteiger partial charge in [0.1, 0.15) is 10.1 Å². The topological polar surface area (TPSA) is 93.7 Å². The summed E-state index contributed by atoms with van der Waals surface area (Å²) in [5, 5.41) is 1.40. The van der Waals surface area contributed by atoms with E-state index in [1.54, 1.807) is 12.1 Å². The Kier molecular flexibility index (Phi) is 7.19. The van der Waals surface area contributed by atoms with E-state index in [0.717, 1.165) is 37.5 Å². The minimum absolute atomic E-state index is 0. The lowest BCUT2D eigenvalue weighted by Crippen LogP contribution is -2.05. The summed E-state index contributed by atoms with van der Waals surface area (Å²) in [4.78, 5) is -0.0273. The molecule has 4 nitrogen and oxygen atoms in total. The molecule has 0 aliphatic rings. The van der Waals surface area contributed by atoms with Gasteiger partial charge in [0.15, 0.2) is 0 Å². The van der Waals surface area contributed by atoms with Crippen molar-refractivity contribution in [2.24, 2.45) is 0 Å². The van der Waals surface area contributed by atoms with Crippen molar-refractivity contribution in [1.82, 2.24) is 6.15 Å². The first-order valence-corrected chi connectivity index (χ1v) is 9.38. The van der Waals surface area contributed by atoms with Gasteiger partial charge in [-0.2, -0.15) is 0 Å². The molecule has 2 aromatic rings. The van der Waals surface area contributed by atoms with Gasteiger partial charge in [-0.05, 0) is 47.6 Å². The highest BCUT2D eigenvalue weighted by Gasteiger charge is 2.13. The molecular formula is C18H27NO3S. The van der Waals surface area contributed by atoms with E-state index in [1.165, 1.54) is 5.56 Å². The smallest absolute Gasteiger partial charge is 0.125 e. The summed E-state index contributed by atoms with van der Waals surface area (Å²) in [6, 6.07) is 9.47. The summed E-state index contributed by atoms with van der Waals surface area (Å²) in [5.74, 6) is 0. The highest BCUT2D eigenvalue weighted by Crippen LogP contribution is 2.29. The Morgan fingerprint density at radius 3 is 2.22 bits per heavy atom. The van der Waals surface area contributed by atoms with Crippen LogP contribution in [0.15, 0.2) is 35.2 Å². The molecule has 0 unspecified atom stereocenters. The fraction of sp³-hybridized carbons (Fsp3) is 0.444. The summed E-state index contributed by atoms with van der Waals surface area (Å²) in [6.07, 6.45) is 5.67. The average Bonchev–Trinajstić information content (AvgIpc) is 2.48. The molecule has 0 aromatic heterocycles. The second-order valence-corrected chi connectivity index (χ2v) is 7.09. The van der Waals surface area contributed by atoms with Gasteiger partial charge in [0.2, 0.25) is 0 Å². The molecule has 0 aliphatic carbocycles. The van der Waals surface area contributed by atoms with Crippen LogP contribution in [0.4, 0.5) is 0 Å². The zero-order chi connectivity index (χ0) is 16.2. The molecule has 0 saturated carbocycles. The molecule has 2 rings (SSSR count). The second kappa shape index (κ2) is 8.43. The van der Waals surface area contributed by atoms with Crippen molar-refractivity contribution in [3.05, 3.63) is 41.5 Å². The molecule has 4 N–H and O–H groups in total. The molecule has 23 heavy (non-hydrogen) atoms. The number of hydrogen-bond donors (Lipinski definition) is 1. The Morgan fingerprint density at radius 1 is 0.957 bits per heavy atom. The standard InChI is InChI=1S/C18H24O3S.H3N/c1-3-5-7-14-9-12-17-16(13-14)11-10-15(8-6-4-2)18(17)22(19,20)21;/h9-13H,3-8H2,1-2H3,(H,19,20,21);1H3. The third kappa shape index (κ3) is 4.77. The number of quaternary nitrogens is 1. The number of benzene rings is 2. The van der Waals surface area contributed by atoms with Gasteiger partial charge in [-0.25, -0.2) is 8.42 Å². The maximum Gasteiger partial charge on any atom is 0.125 e. The van der Waals surface area contributed by atoms with Gasteiger partial charge in [0, 0.05) is 0 Å². The summed E-state index contributed by atoms with van der Waals surface area (Å²) >= 11 is 0. The fourth-order valence-electron chi connectivity index (χ4n) is 2.79. The number of hydrogen-bond acceptors (Lipinski definition) is 3. The highest BCUT2D eigenvalue weighted by molar-refractivity contribution is 7.86. The first-order chi connectivity index (χ1) is 10.5. The molecule has 0 amide bonds. The number of fused-ring (bicyclic) bond motifs is 1. The zero-order valence-electron chi connectivity index (χ0n) is 14.3. The number of unbranched alkanes of at least 4 members (excludes halogenated alkanes) is 2. The van der Waals surface area contributed by atoms with Crippen LogP contribution in [0.1, 0.15) is 50.7 Å². The van der Waals surface area contributed by atoms with E-state index in [0.29, 0.717) is 17.4 Å². The maximum atomic E-state index is 11.7. The molecule has 0 aliphatic heterocycles. The van der Waals surface area contributed by atoms with E-state index in [9.17, 15) is 13.0 Å². The fourth-order valence-corrected chi connectivity index (χ4v) is 3.74. The third-order valence-electron chi connectivity index (χ3n) is 3.99. The van der Waals surface area contributed by atoms with Crippen molar-refractivity contribution in [2.75, 3.05) is 0 Å². The van der Waals surface area contributed by atoms with Crippen LogP contribution in [0.2, 0.25) is 0 Å². The van der Waals surface area contributed by atoms with Crippen LogP contribution < -0.4 is 6.15 Å². The quantitative estimate of drug-likeness (QED) is 0.735. The first kappa shape index (κ1) is 19.6. The van der Waals surface area contributed by atoms with Gasteiger partial charge in [-0.3, -0.25) is 0 Å². The van der Waals surface area contributed by atoms with E-state index in [-0.39, 0.29) is 11.0 Å². The van der Waals surface area contributed by atoms with Crippen molar-refractivity contribution in [2.45, 2.75) is 57.3 Å². The van der Waals surface area contributed by atoms with E-state index in [4.69, 9.17) is 0 Å². The van der Waals surface area contributed by atoms with E-state index in [1.807, 2.05) is 25.1 Å². The van der Waals surface area contributed by atoms with Crippen molar-refractivity contribution in [1.29, 1.82) is 0 Å². The average molecular weight is 337 g/mol. The molecule has 0 atom stereocenters. The Labute approximate surface area is 139 Å². The SMILES string of the molecule is CCCCc1ccc2c(S(=O)(=O)[O-])c(CCCC)ccc2c1.[NH4+]. The summed E-state index contributed by atoms with van der Waals surface area (Å²) < 4.78 is 35.2. The van der Waals surface area contributed by atoms with Crippen LogP contribution in [-0.4, -0.2) is 13.0 Å². The van der Waals surface area contributed by atoms with Gasteiger partial charge in [0.25, 0.3) is 0 Å². The van der Waals surface area contributed by atoms with E-state index < -0.39 is 10.1 Å². The molecule has 0 fully saturated rings. The van der Waals surface area contributed by atoms with Gasteiger partial charge in [-0.15, -0.1) is 0 Å². The Hall–Kier alpha value is -1.43. The van der Waals surface area contributed by atoms with Crippen molar-refractivity contribution < 1.29 is 13.0 Å². The summed E-state index contributed by atoms with van der Waals surface area (Å²) in [7, 11) is -4.47. The molecule has 0 heterocycles. The van der Waals surface area contributed by atoms with Crippen LogP contribution in [-0.2, 0) is 23.0 Å². The van der Waals surface area contributed by atoms with Gasteiger partial charge >= 0.3 is 0 Å². The molecule has 0 saturated heterocycles. The highest BCUT2D eigenvalue weighted by atomic mass is 32.2. The van der Waals surface area contributed by atoms with Crippen LogP contribution in [0, 0.1) is 0 Å². The van der Waals surface area contributed by atoms with Crippen molar-refractivity contribution >= 4 is 20.9 Å². The summed E-state index contributed by atoms with van der Waals surface area (Å²) in [5.41, 5.74) is 1.83. The number of rotatable bonds is 7. The Morgan fingerprint density at radius 2 is 1.61 bits per heavy atom. The Balaban J connectivity index is 0.00000264. The van der Waals surface area contributed by atoms with E-state index in [2.05, 4.69) is 6.92 Å². The van der Waals surface area contributed by atoms with Crippen LogP contribution >= 0.6 is 0 Å². The lowest BCUT2D eigenvalue weighted by atomic mass is 9.99. The molecule has 0 spiro atoms. The Bertz CT molecular complexity index is 754. The van der Waals surface area contributed by atoms with Crippen LogP contribution in [0.5, 0.6) is 0 Å². The zero-order valence-corrected chi connectivity index (χ0v) is 15.1. The molecule has 0 bridgehead atoms. The van der Waals surface area contributed by atoms with Gasteiger partial charge < -0.3 is 10.7 Å². The predicted molar refractivity (Wildman–Crippen MR) is 95.1 cm³/mol. The van der Waals surface area contributed by atoms with Gasteiger partial charge in [-0.1, -0.05) is 57.0 Å². The number of aryl methyl sites for hydroxylation is 2. The minimum Gasteiger partial charge on any atom is -0.744 e. The van der Waals surface area contributed by atoms with Crippen molar-refractivity contribution in [3.63, 3.8) is 0 Å². The summed E-state index contributed by atoms with van der Waals surface area (Å²) in [6.45, 7) is 4.19. The molecule has 128 valence electrons. The van der Waals surface area contributed by atoms with E-state index >= 15 is 0 Å². The van der Waals surface area contributed by atoms with Crippen LogP contribution in [0.25, 0.3) is 10.8 Å². The largest absolute Gasteiger partial charge is 0.744 e. The molecule has 5 heteroatoms.